The summed E-state index contributed by atoms with van der Waals surface area (Å²) in [6, 6.07) is 1.60. The van der Waals surface area contributed by atoms with E-state index in [1.165, 1.54) is 0 Å². The zero-order valence-electron chi connectivity index (χ0n) is 21.5. The third kappa shape index (κ3) is 7.87. The number of carbonyl (C=O) groups is 1. The molecule has 0 spiro atoms. The Morgan fingerprint density at radius 3 is 2.78 bits per heavy atom. The van der Waals surface area contributed by atoms with Crippen molar-refractivity contribution in [2.45, 2.75) is 95.8 Å². The van der Waals surface area contributed by atoms with Gasteiger partial charge in [0.25, 0.3) is 0 Å². The number of fused-ring (bicyclic) bond motifs is 1. The normalized spacial score (nSPS) is 27.1. The molecule has 1 amide bonds. The Hall–Kier alpha value is -1.75. The van der Waals surface area contributed by atoms with Gasteiger partial charge in [-0.05, 0) is 50.7 Å². The average molecular weight is 516 g/mol. The molecule has 1 saturated heterocycles. The van der Waals surface area contributed by atoms with E-state index in [4.69, 9.17) is 14.6 Å². The van der Waals surface area contributed by atoms with Gasteiger partial charge in [0.2, 0.25) is 5.91 Å². The van der Waals surface area contributed by atoms with Crippen LogP contribution in [0.2, 0.25) is 0 Å². The Balaban J connectivity index is 0.000000538. The molecule has 204 valence electrons. The maximum atomic E-state index is 13.1. The monoisotopic (exact) mass is 515 g/mol. The van der Waals surface area contributed by atoms with Crippen LogP contribution in [0.1, 0.15) is 69.2 Å². The fraction of sp³-hybridized carbons (Fsp3) is 0.769. The van der Waals surface area contributed by atoms with E-state index in [0.717, 1.165) is 50.8 Å². The van der Waals surface area contributed by atoms with Crippen LogP contribution in [0.3, 0.4) is 0 Å². The van der Waals surface area contributed by atoms with Crippen molar-refractivity contribution in [1.82, 2.24) is 15.2 Å². The highest BCUT2D eigenvalue weighted by Crippen LogP contribution is 2.33. The molecule has 10 heteroatoms. The number of carbonyl (C=O) groups excluding carboxylic acids is 1. The molecule has 5 unspecified atom stereocenters. The highest BCUT2D eigenvalue weighted by molar-refractivity contribution is 5.79. The minimum absolute atomic E-state index is 0.0161. The number of pyridine rings is 1. The minimum atomic E-state index is -4.43. The first kappa shape index (κ1) is 28.8. The number of nitrogens with zero attached hydrogens (tertiary/aromatic N) is 2. The number of nitrogens with one attached hydrogen (secondary N) is 1. The molecule has 3 heterocycles. The van der Waals surface area contributed by atoms with Crippen LogP contribution in [0.15, 0.2) is 12.3 Å². The number of methoxy groups -OCH3 is 1. The molecular formula is C26H40F3N3O4. The predicted molar refractivity (Wildman–Crippen MR) is 129 cm³/mol. The maximum absolute atomic E-state index is 13.1. The van der Waals surface area contributed by atoms with E-state index in [9.17, 15) is 18.0 Å². The summed E-state index contributed by atoms with van der Waals surface area (Å²) in [5, 5.41) is 12.2. The molecule has 0 aromatic carbocycles. The van der Waals surface area contributed by atoms with Gasteiger partial charge in [-0.1, -0.05) is 13.3 Å². The highest BCUT2D eigenvalue weighted by atomic mass is 19.4. The molecule has 1 saturated carbocycles. The molecule has 3 aliphatic rings. The summed E-state index contributed by atoms with van der Waals surface area (Å²) in [4.78, 5) is 18.7. The number of halogens is 3. The van der Waals surface area contributed by atoms with Crippen LogP contribution in [-0.2, 0) is 33.4 Å². The van der Waals surface area contributed by atoms with Crippen molar-refractivity contribution in [1.29, 1.82) is 0 Å². The highest BCUT2D eigenvalue weighted by Gasteiger charge is 2.37. The fourth-order valence-electron chi connectivity index (χ4n) is 5.24. The second-order valence-electron chi connectivity index (χ2n) is 10.1. The number of alkyl halides is 3. The Morgan fingerprint density at radius 1 is 1.36 bits per heavy atom. The first-order valence-corrected chi connectivity index (χ1v) is 13.0. The van der Waals surface area contributed by atoms with Gasteiger partial charge in [-0.2, -0.15) is 13.2 Å². The van der Waals surface area contributed by atoms with Crippen molar-refractivity contribution in [3.05, 3.63) is 29.1 Å². The summed E-state index contributed by atoms with van der Waals surface area (Å²) in [5.41, 5.74) is 0.398. The molecule has 2 aliphatic heterocycles. The van der Waals surface area contributed by atoms with Crippen molar-refractivity contribution < 1.29 is 32.5 Å². The van der Waals surface area contributed by atoms with Gasteiger partial charge in [-0.3, -0.25) is 9.78 Å². The van der Waals surface area contributed by atoms with Crippen LogP contribution in [-0.4, -0.2) is 72.1 Å². The van der Waals surface area contributed by atoms with E-state index in [1.54, 1.807) is 12.0 Å². The number of aliphatic hydroxyl groups excluding tert-OH is 1. The lowest BCUT2D eigenvalue weighted by Crippen LogP contribution is -2.50. The molecule has 5 atom stereocenters. The van der Waals surface area contributed by atoms with Crippen LogP contribution in [0.4, 0.5) is 13.2 Å². The van der Waals surface area contributed by atoms with Crippen molar-refractivity contribution in [2.75, 3.05) is 26.9 Å². The Bertz CT molecular complexity index is 852. The molecule has 7 nitrogen and oxygen atoms in total. The lowest BCUT2D eigenvalue weighted by molar-refractivity contribution is -0.138. The molecular weight excluding hydrogens is 475 g/mol. The van der Waals surface area contributed by atoms with Gasteiger partial charge in [0.15, 0.2) is 0 Å². The molecule has 2 N–H and O–H groups in total. The first-order chi connectivity index (χ1) is 17.1. The third-order valence-electron chi connectivity index (χ3n) is 7.22. The molecule has 0 bridgehead atoms. The zero-order chi connectivity index (χ0) is 26.3. The molecule has 2 fully saturated rings. The summed E-state index contributed by atoms with van der Waals surface area (Å²) in [7, 11) is 1.68. The van der Waals surface area contributed by atoms with Crippen molar-refractivity contribution in [3.8, 4) is 0 Å². The van der Waals surface area contributed by atoms with Crippen molar-refractivity contribution >= 4 is 5.91 Å². The molecule has 1 aromatic heterocycles. The second kappa shape index (κ2) is 13.2. The minimum Gasteiger partial charge on any atom is -0.393 e. The largest absolute Gasteiger partial charge is 0.417 e. The van der Waals surface area contributed by atoms with Gasteiger partial charge in [0, 0.05) is 63.1 Å². The van der Waals surface area contributed by atoms with Gasteiger partial charge in [0.1, 0.15) is 0 Å². The molecule has 1 aromatic rings. The Labute approximate surface area is 211 Å². The number of rotatable bonds is 6. The van der Waals surface area contributed by atoms with Crippen molar-refractivity contribution in [2.24, 2.45) is 5.92 Å². The predicted octanol–water partition coefficient (Wildman–Crippen LogP) is 3.71. The van der Waals surface area contributed by atoms with E-state index >= 15 is 0 Å². The van der Waals surface area contributed by atoms with Gasteiger partial charge in [-0.15, -0.1) is 0 Å². The van der Waals surface area contributed by atoms with Crippen LogP contribution in [0.5, 0.6) is 0 Å². The Kier molecular flexibility index (Phi) is 10.5. The van der Waals surface area contributed by atoms with Crippen molar-refractivity contribution in [3.63, 3.8) is 0 Å². The van der Waals surface area contributed by atoms with Gasteiger partial charge < -0.3 is 24.8 Å². The molecule has 36 heavy (non-hydrogen) atoms. The number of ether oxygens (including phenoxy) is 2. The zero-order valence-corrected chi connectivity index (χ0v) is 21.5. The lowest BCUT2D eigenvalue weighted by atomic mass is 10.00. The van der Waals surface area contributed by atoms with E-state index < -0.39 is 11.7 Å². The molecule has 1 aliphatic carbocycles. The lowest BCUT2D eigenvalue weighted by Gasteiger charge is -2.33. The van der Waals surface area contributed by atoms with E-state index in [1.807, 2.05) is 6.92 Å². The number of aliphatic hydroxyl groups is 1. The second-order valence-corrected chi connectivity index (χ2v) is 10.1. The van der Waals surface area contributed by atoms with Crippen LogP contribution >= 0.6 is 0 Å². The Morgan fingerprint density at radius 2 is 2.14 bits per heavy atom. The quantitative estimate of drug-likeness (QED) is 0.601. The molecule has 0 radical (unpaired) electrons. The summed E-state index contributed by atoms with van der Waals surface area (Å²) in [6.45, 7) is 5.85. The SMILES string of the molecule is CCCC(C)O.COC1COCCC1NC1CCC(C(=O)N2CCc3ncc(C(F)(F)F)cc3C2)C1. The topological polar surface area (TPSA) is 83.9 Å². The smallest absolute Gasteiger partial charge is 0.393 e. The van der Waals surface area contributed by atoms with E-state index in [0.29, 0.717) is 37.4 Å². The number of hydrogen-bond acceptors (Lipinski definition) is 6. The number of hydrogen-bond donors (Lipinski definition) is 2. The van der Waals surface area contributed by atoms with E-state index in [2.05, 4.69) is 17.2 Å². The summed E-state index contributed by atoms with van der Waals surface area (Å²) >= 11 is 0. The van der Waals surface area contributed by atoms with Crippen LogP contribution in [0, 0.1) is 5.92 Å². The number of aromatic nitrogens is 1. The average Bonchev–Trinajstić information content (AvgIpc) is 3.31. The van der Waals surface area contributed by atoms with Gasteiger partial charge in [0.05, 0.1) is 24.4 Å². The maximum Gasteiger partial charge on any atom is 0.417 e. The summed E-state index contributed by atoms with van der Waals surface area (Å²) in [5.74, 6) is -0.0544. The number of amides is 1. The van der Waals surface area contributed by atoms with E-state index in [-0.39, 0.29) is 42.7 Å². The summed E-state index contributed by atoms with van der Waals surface area (Å²) < 4.78 is 50.0. The standard InChI is InChI=1S/C21H28F3N3O3.C5H12O/c1-29-19-12-30-7-5-18(19)26-16-3-2-13(9-16)20(28)27-6-4-17-14(11-27)8-15(10-25-17)21(22,23)24;1-3-4-5(2)6/h8,10,13,16,18-19,26H,2-7,9,11-12H2,1H3;5-6H,3-4H2,1-2H3. The van der Waals surface area contributed by atoms with Crippen LogP contribution in [0.25, 0.3) is 0 Å². The fourth-order valence-corrected chi connectivity index (χ4v) is 5.24. The van der Waals surface area contributed by atoms with Gasteiger partial charge >= 0.3 is 6.18 Å². The van der Waals surface area contributed by atoms with Crippen LogP contribution < -0.4 is 5.32 Å². The first-order valence-electron chi connectivity index (χ1n) is 13.0. The molecule has 4 rings (SSSR count). The third-order valence-corrected chi connectivity index (χ3v) is 7.22. The summed E-state index contributed by atoms with van der Waals surface area (Å²) in [6.07, 6.45) is 2.20. The van der Waals surface area contributed by atoms with Gasteiger partial charge in [-0.25, -0.2) is 0 Å².